The summed E-state index contributed by atoms with van der Waals surface area (Å²) in [6.45, 7) is 0. The lowest BCUT2D eigenvalue weighted by Gasteiger charge is -1.92. The van der Waals surface area contributed by atoms with E-state index in [0.717, 1.165) is 0 Å². The van der Waals surface area contributed by atoms with Crippen LogP contribution in [0.5, 0.6) is 0 Å². The Morgan fingerprint density at radius 3 is 1.14 bits per heavy atom. The third-order valence-electron chi connectivity index (χ3n) is 1.04. The zero-order valence-corrected chi connectivity index (χ0v) is 11.0. The lowest BCUT2D eigenvalue weighted by atomic mass is 10.4. The quantitative estimate of drug-likeness (QED) is 0.295. The average molecular weight is 347 g/mol. The molecule has 4 N–H and O–H groups in total. The van der Waals surface area contributed by atoms with E-state index in [1.165, 1.54) is 12.1 Å². The van der Waals surface area contributed by atoms with Crippen molar-refractivity contribution in [3.63, 3.8) is 0 Å². The van der Waals surface area contributed by atoms with Crippen molar-refractivity contribution in [1.82, 2.24) is 0 Å². The Balaban J connectivity index is -0.000000253. The summed E-state index contributed by atoms with van der Waals surface area (Å²) in [5.74, 6) is 0. The molecule has 1 rings (SSSR count). The van der Waals surface area contributed by atoms with Crippen LogP contribution >= 0.6 is 0 Å². The first-order valence-electron chi connectivity index (χ1n) is 4.33. The maximum absolute atomic E-state index is 10.4. The topological polar surface area (TPSA) is 244 Å². The van der Waals surface area contributed by atoms with Crippen LogP contribution in [0.3, 0.4) is 0 Å². The van der Waals surface area contributed by atoms with E-state index in [1.54, 1.807) is 18.2 Å². The number of hydrogen-bond donors (Lipinski definition) is 4. The van der Waals surface area contributed by atoms with Gasteiger partial charge in [0.2, 0.25) is 0 Å². The Kier molecular flexibility index (Phi) is 13.8. The van der Waals surface area contributed by atoms with Crippen molar-refractivity contribution in [2.75, 3.05) is 0 Å². The van der Waals surface area contributed by atoms with Gasteiger partial charge in [0.15, 0.2) is 0 Å². The molecule has 1 aromatic rings. The highest BCUT2D eigenvalue weighted by Crippen LogP contribution is 2.05. The molecule has 0 unspecified atom stereocenters. The van der Waals surface area contributed by atoms with E-state index in [4.69, 9.17) is 50.5 Å². The molecule has 0 atom stereocenters. The molecule has 0 fully saturated rings. The zero-order chi connectivity index (χ0) is 18.3. The number of rotatable bonds is 1. The second-order valence-electron chi connectivity index (χ2n) is 2.50. The van der Waals surface area contributed by atoms with Crippen LogP contribution in [0.15, 0.2) is 35.2 Å². The van der Waals surface area contributed by atoms with Crippen molar-refractivity contribution in [1.29, 1.82) is 0 Å². The molecule has 0 aliphatic heterocycles. The van der Waals surface area contributed by atoms with Crippen molar-refractivity contribution < 1.29 is 43.9 Å². The van der Waals surface area contributed by atoms with Gasteiger partial charge >= 0.3 is 0 Å². The van der Waals surface area contributed by atoms with Crippen LogP contribution in [-0.2, 0) is 10.1 Å². The van der Waals surface area contributed by atoms with Crippen molar-refractivity contribution >= 4 is 10.1 Å². The van der Waals surface area contributed by atoms with E-state index >= 15 is 0 Å². The number of benzene rings is 1. The first-order valence-corrected chi connectivity index (χ1v) is 5.77. The molecular formula is C6H9N3O12S. The smallest absolute Gasteiger partial charge is 0.294 e. The maximum atomic E-state index is 10.4. The summed E-state index contributed by atoms with van der Waals surface area (Å²) in [5, 5.41) is 40.9. The van der Waals surface area contributed by atoms with Gasteiger partial charge in [0, 0.05) is 0 Å². The minimum atomic E-state index is -4.00. The van der Waals surface area contributed by atoms with Gasteiger partial charge in [0.05, 0.1) is 4.90 Å². The van der Waals surface area contributed by atoms with E-state index in [-0.39, 0.29) is 4.90 Å². The van der Waals surface area contributed by atoms with Crippen molar-refractivity contribution in [2.45, 2.75) is 4.90 Å². The van der Waals surface area contributed by atoms with Crippen LogP contribution in [0.2, 0.25) is 0 Å². The van der Waals surface area contributed by atoms with Crippen LogP contribution in [-0.4, -0.2) is 43.9 Å². The second kappa shape index (κ2) is 12.7. The van der Waals surface area contributed by atoms with Crippen LogP contribution in [0.4, 0.5) is 0 Å². The molecule has 0 heterocycles. The number of nitrogens with zero attached hydrogens (tertiary/aromatic N) is 3. The predicted octanol–water partition coefficient (Wildman–Crippen LogP) is -0.110. The molecule has 16 heteroatoms. The minimum Gasteiger partial charge on any atom is -0.328 e. The Morgan fingerprint density at radius 2 is 1.00 bits per heavy atom. The molecule has 22 heavy (non-hydrogen) atoms. The summed E-state index contributed by atoms with van der Waals surface area (Å²) in [6.07, 6.45) is 0. The summed E-state index contributed by atoms with van der Waals surface area (Å²) in [4.78, 5) is 25.0. The third-order valence-corrected chi connectivity index (χ3v) is 1.91. The SMILES string of the molecule is O=S(=O)(O)c1ccccc1.O=[N+]([O-])O.O=[N+]([O-])O.O=[N+]([O-])O. The molecule has 0 aliphatic carbocycles. The molecule has 0 amide bonds. The molecule has 0 spiro atoms. The van der Waals surface area contributed by atoms with Gasteiger partial charge in [-0.2, -0.15) is 8.42 Å². The molecule has 0 aliphatic rings. The highest BCUT2D eigenvalue weighted by Gasteiger charge is 2.05. The molecule has 0 radical (unpaired) electrons. The van der Waals surface area contributed by atoms with Crippen molar-refractivity contribution in [2.24, 2.45) is 0 Å². The van der Waals surface area contributed by atoms with Gasteiger partial charge in [-0.1, -0.05) is 18.2 Å². The lowest BCUT2D eigenvalue weighted by Crippen LogP contribution is -1.96. The summed E-state index contributed by atoms with van der Waals surface area (Å²) >= 11 is 0. The Morgan fingerprint density at radius 1 is 0.773 bits per heavy atom. The summed E-state index contributed by atoms with van der Waals surface area (Å²) in [7, 11) is -4.00. The second-order valence-corrected chi connectivity index (χ2v) is 3.92. The zero-order valence-electron chi connectivity index (χ0n) is 10.2. The monoisotopic (exact) mass is 347 g/mol. The van der Waals surface area contributed by atoms with Gasteiger partial charge < -0.3 is 15.6 Å². The van der Waals surface area contributed by atoms with Crippen LogP contribution < -0.4 is 0 Å². The fraction of sp³-hybridized carbons (Fsp3) is 0. The van der Waals surface area contributed by atoms with E-state index in [2.05, 4.69) is 0 Å². The van der Waals surface area contributed by atoms with Crippen LogP contribution in [0, 0.1) is 30.3 Å². The van der Waals surface area contributed by atoms with E-state index in [1.807, 2.05) is 0 Å². The largest absolute Gasteiger partial charge is 0.328 e. The van der Waals surface area contributed by atoms with Gasteiger partial charge in [0.1, 0.15) is 0 Å². The molecule has 126 valence electrons. The van der Waals surface area contributed by atoms with E-state index in [0.29, 0.717) is 0 Å². The summed E-state index contributed by atoms with van der Waals surface area (Å²) < 4.78 is 29.2. The van der Waals surface area contributed by atoms with E-state index < -0.39 is 25.4 Å². The standard InChI is InChI=1S/C6H6O3S.3HNO3/c7-10(8,9)6-4-2-1-3-5-6;3*2-1(3)4/h1-5H,(H,7,8,9);3*(H,2,3,4). The summed E-state index contributed by atoms with van der Waals surface area (Å²) in [5.41, 5.74) is 0. The maximum Gasteiger partial charge on any atom is 0.294 e. The normalized spacial score (nSPS) is 8.41. The predicted molar refractivity (Wildman–Crippen MR) is 62.6 cm³/mol. The highest BCUT2D eigenvalue weighted by atomic mass is 32.2. The van der Waals surface area contributed by atoms with Crippen molar-refractivity contribution in [3.05, 3.63) is 60.7 Å². The van der Waals surface area contributed by atoms with E-state index in [9.17, 15) is 8.42 Å². The lowest BCUT2D eigenvalue weighted by molar-refractivity contribution is -0.742. The van der Waals surface area contributed by atoms with Crippen LogP contribution in [0.25, 0.3) is 0 Å². The fourth-order valence-electron chi connectivity index (χ4n) is 0.592. The van der Waals surface area contributed by atoms with Gasteiger partial charge in [-0.3, -0.25) is 4.55 Å². The molecular weight excluding hydrogens is 338 g/mol. The third kappa shape index (κ3) is 36.0. The molecule has 0 saturated carbocycles. The van der Waals surface area contributed by atoms with Crippen LogP contribution in [0.1, 0.15) is 0 Å². The van der Waals surface area contributed by atoms with Gasteiger partial charge in [0.25, 0.3) is 25.4 Å². The molecule has 0 aromatic heterocycles. The Hall–Kier alpha value is -3.27. The Bertz CT molecular complexity index is 517. The molecule has 0 bridgehead atoms. The van der Waals surface area contributed by atoms with Gasteiger partial charge in [-0.15, -0.1) is 30.3 Å². The summed E-state index contributed by atoms with van der Waals surface area (Å²) in [6, 6.07) is 7.42. The first-order chi connectivity index (χ1) is 9.80. The van der Waals surface area contributed by atoms with Gasteiger partial charge in [-0.05, 0) is 12.1 Å². The molecule has 15 nitrogen and oxygen atoms in total. The highest BCUT2D eigenvalue weighted by molar-refractivity contribution is 7.85. The fourth-order valence-corrected chi connectivity index (χ4v) is 1.09. The Labute approximate surface area is 120 Å². The minimum absolute atomic E-state index is 0.0741. The van der Waals surface area contributed by atoms with Gasteiger partial charge in [-0.25, -0.2) is 0 Å². The first kappa shape index (κ1) is 23.8. The average Bonchev–Trinajstić information content (AvgIpc) is 2.26. The molecule has 0 saturated heterocycles. The number of hydrogen-bond acceptors (Lipinski definition) is 8. The van der Waals surface area contributed by atoms with Crippen molar-refractivity contribution in [3.8, 4) is 0 Å². The molecule has 1 aromatic carbocycles.